The molecule has 134 valence electrons. The van der Waals surface area contributed by atoms with Gasteiger partial charge in [0.15, 0.2) is 0 Å². The van der Waals surface area contributed by atoms with E-state index in [0.29, 0.717) is 31.1 Å². The summed E-state index contributed by atoms with van der Waals surface area (Å²) in [6.07, 6.45) is 0.648. The quantitative estimate of drug-likeness (QED) is 0.767. The van der Waals surface area contributed by atoms with E-state index in [2.05, 4.69) is 14.9 Å². The number of aryl methyl sites for hydroxylation is 1. The van der Waals surface area contributed by atoms with E-state index in [1.807, 2.05) is 43.3 Å². The van der Waals surface area contributed by atoms with Gasteiger partial charge in [-0.05, 0) is 49.2 Å². The fourth-order valence-electron chi connectivity index (χ4n) is 3.44. The summed E-state index contributed by atoms with van der Waals surface area (Å²) in [6, 6.07) is 13.6. The molecule has 0 saturated carbocycles. The molecule has 0 saturated heterocycles. The van der Waals surface area contributed by atoms with Crippen LogP contribution < -0.4 is 10.1 Å². The van der Waals surface area contributed by atoms with Crippen LogP contribution in [0.25, 0.3) is 11.0 Å². The molecule has 5 nitrogen and oxygen atoms in total. The lowest BCUT2D eigenvalue weighted by molar-refractivity contribution is -0.126. The van der Waals surface area contributed by atoms with Gasteiger partial charge in [0, 0.05) is 18.1 Å². The van der Waals surface area contributed by atoms with Gasteiger partial charge in [-0.2, -0.15) is 0 Å². The van der Waals surface area contributed by atoms with Crippen molar-refractivity contribution in [2.24, 2.45) is 5.92 Å². The maximum Gasteiger partial charge on any atom is 0.226 e. The average Bonchev–Trinajstić information content (AvgIpc) is 2.96. The summed E-state index contributed by atoms with van der Waals surface area (Å²) in [4.78, 5) is 17.1. The summed E-state index contributed by atoms with van der Waals surface area (Å²) >= 11 is 6.04. The van der Waals surface area contributed by atoms with Crippen LogP contribution >= 0.6 is 11.6 Å². The highest BCUT2D eigenvalue weighted by atomic mass is 35.5. The Morgan fingerprint density at radius 3 is 3.08 bits per heavy atom. The van der Waals surface area contributed by atoms with E-state index >= 15 is 0 Å². The Kier molecular flexibility index (Phi) is 4.55. The maximum absolute atomic E-state index is 12.5. The van der Waals surface area contributed by atoms with Crippen LogP contribution in [-0.4, -0.2) is 28.6 Å². The third-order valence-electron chi connectivity index (χ3n) is 4.78. The number of hydrogen-bond donors (Lipinski definition) is 1. The zero-order chi connectivity index (χ0) is 18.1. The van der Waals surface area contributed by atoms with Gasteiger partial charge in [-0.3, -0.25) is 4.79 Å². The minimum Gasteiger partial charge on any atom is -0.492 e. The van der Waals surface area contributed by atoms with Crippen LogP contribution in [0, 0.1) is 12.8 Å². The Morgan fingerprint density at radius 1 is 1.35 bits per heavy atom. The Labute approximate surface area is 156 Å². The largest absolute Gasteiger partial charge is 0.492 e. The summed E-state index contributed by atoms with van der Waals surface area (Å²) in [5.41, 5.74) is 3.05. The zero-order valence-corrected chi connectivity index (χ0v) is 15.3. The summed E-state index contributed by atoms with van der Waals surface area (Å²) < 4.78 is 7.83. The molecule has 1 aliphatic heterocycles. The Bertz CT molecular complexity index is 967. The molecule has 1 aliphatic rings. The number of nitrogens with zero attached hydrogens (tertiary/aromatic N) is 2. The third-order valence-corrected chi connectivity index (χ3v) is 5.01. The first-order valence-corrected chi connectivity index (χ1v) is 9.10. The van der Waals surface area contributed by atoms with Crippen molar-refractivity contribution in [3.8, 4) is 5.75 Å². The second kappa shape index (κ2) is 7.00. The molecule has 6 heteroatoms. The molecule has 4 rings (SSSR count). The van der Waals surface area contributed by atoms with Gasteiger partial charge in [-0.15, -0.1) is 0 Å². The second-order valence-corrected chi connectivity index (χ2v) is 6.99. The van der Waals surface area contributed by atoms with Gasteiger partial charge in [0.05, 0.1) is 17.0 Å². The predicted molar refractivity (Wildman–Crippen MR) is 102 cm³/mol. The number of rotatable bonds is 4. The van der Waals surface area contributed by atoms with Crippen molar-refractivity contribution >= 4 is 28.5 Å². The number of benzene rings is 2. The number of carbonyl (C=O) groups excluding carboxylic acids is 1. The van der Waals surface area contributed by atoms with E-state index in [-0.39, 0.29) is 11.8 Å². The van der Waals surface area contributed by atoms with Gasteiger partial charge < -0.3 is 14.6 Å². The van der Waals surface area contributed by atoms with Crippen LogP contribution in [0.2, 0.25) is 5.02 Å². The topological polar surface area (TPSA) is 56.2 Å². The minimum atomic E-state index is -0.193. The summed E-state index contributed by atoms with van der Waals surface area (Å²) in [6.45, 7) is 3.62. The molecule has 2 aromatic carbocycles. The molecule has 3 aromatic rings. The first-order chi connectivity index (χ1) is 12.6. The van der Waals surface area contributed by atoms with Gasteiger partial charge >= 0.3 is 0 Å². The number of imidazole rings is 1. The SMILES string of the molecule is Cc1nc2ccccc2n1CCNC(=O)[C@@H]1COc2ccc(Cl)cc2C1. The summed E-state index contributed by atoms with van der Waals surface area (Å²) in [5, 5.41) is 3.69. The van der Waals surface area contributed by atoms with Crippen molar-refractivity contribution in [3.63, 3.8) is 0 Å². The fourth-order valence-corrected chi connectivity index (χ4v) is 3.64. The molecule has 1 aromatic heterocycles. The predicted octanol–water partition coefficient (Wildman–Crippen LogP) is 3.37. The molecule has 1 N–H and O–H groups in total. The van der Waals surface area contributed by atoms with E-state index in [1.165, 1.54) is 0 Å². The number of halogens is 1. The van der Waals surface area contributed by atoms with E-state index in [9.17, 15) is 4.79 Å². The number of hydrogen-bond acceptors (Lipinski definition) is 3. The molecular weight excluding hydrogens is 350 g/mol. The third kappa shape index (κ3) is 3.27. The number of amides is 1. The molecule has 0 fully saturated rings. The highest BCUT2D eigenvalue weighted by Crippen LogP contribution is 2.29. The Hall–Kier alpha value is -2.53. The van der Waals surface area contributed by atoms with Crippen molar-refractivity contribution in [1.29, 1.82) is 0 Å². The molecule has 2 heterocycles. The van der Waals surface area contributed by atoms with Crippen LogP contribution in [-0.2, 0) is 17.8 Å². The smallest absolute Gasteiger partial charge is 0.226 e. The molecule has 0 spiro atoms. The monoisotopic (exact) mass is 369 g/mol. The van der Waals surface area contributed by atoms with Crippen molar-refractivity contribution in [3.05, 3.63) is 58.9 Å². The van der Waals surface area contributed by atoms with Gasteiger partial charge in [0.25, 0.3) is 0 Å². The van der Waals surface area contributed by atoms with E-state index in [1.54, 1.807) is 6.07 Å². The first kappa shape index (κ1) is 16.9. The zero-order valence-electron chi connectivity index (χ0n) is 14.5. The molecule has 0 bridgehead atoms. The van der Waals surface area contributed by atoms with Crippen LogP contribution in [0.5, 0.6) is 5.75 Å². The van der Waals surface area contributed by atoms with Crippen LogP contribution in [0.3, 0.4) is 0 Å². The number of para-hydroxylation sites is 2. The van der Waals surface area contributed by atoms with E-state index < -0.39 is 0 Å². The summed E-state index contributed by atoms with van der Waals surface area (Å²) in [7, 11) is 0. The maximum atomic E-state index is 12.5. The van der Waals surface area contributed by atoms with Crippen LogP contribution in [0.4, 0.5) is 0 Å². The van der Waals surface area contributed by atoms with Gasteiger partial charge in [0.2, 0.25) is 5.91 Å². The number of nitrogens with one attached hydrogen (secondary N) is 1. The second-order valence-electron chi connectivity index (χ2n) is 6.55. The molecular formula is C20H20ClN3O2. The lowest BCUT2D eigenvalue weighted by atomic mass is 9.96. The highest BCUT2D eigenvalue weighted by molar-refractivity contribution is 6.30. The average molecular weight is 370 g/mol. The van der Waals surface area contributed by atoms with Crippen molar-refractivity contribution in [2.45, 2.75) is 19.9 Å². The van der Waals surface area contributed by atoms with Gasteiger partial charge in [-0.25, -0.2) is 4.98 Å². The number of ether oxygens (including phenoxy) is 1. The van der Waals surface area contributed by atoms with E-state index in [4.69, 9.17) is 16.3 Å². The molecule has 1 atom stereocenters. The Balaban J connectivity index is 1.38. The fraction of sp³-hybridized carbons (Fsp3) is 0.300. The number of aromatic nitrogens is 2. The standard InChI is InChI=1S/C20H20ClN3O2/c1-13-23-17-4-2-3-5-18(17)24(13)9-8-22-20(25)15-10-14-11-16(21)6-7-19(14)26-12-15/h2-7,11,15H,8-10,12H2,1H3,(H,22,25)/t15-/m0/s1. The first-order valence-electron chi connectivity index (χ1n) is 8.72. The minimum absolute atomic E-state index is 0.0118. The van der Waals surface area contributed by atoms with Crippen molar-refractivity contribution < 1.29 is 9.53 Å². The Morgan fingerprint density at radius 2 is 2.19 bits per heavy atom. The lowest BCUT2D eigenvalue weighted by Crippen LogP contribution is -2.38. The van der Waals surface area contributed by atoms with Crippen LogP contribution in [0.1, 0.15) is 11.4 Å². The van der Waals surface area contributed by atoms with Crippen LogP contribution in [0.15, 0.2) is 42.5 Å². The normalized spacial score (nSPS) is 16.2. The number of fused-ring (bicyclic) bond motifs is 2. The molecule has 0 unspecified atom stereocenters. The molecule has 0 radical (unpaired) electrons. The van der Waals surface area contributed by atoms with Crippen molar-refractivity contribution in [1.82, 2.24) is 14.9 Å². The van der Waals surface area contributed by atoms with Gasteiger partial charge in [-0.1, -0.05) is 23.7 Å². The lowest BCUT2D eigenvalue weighted by Gasteiger charge is -2.24. The van der Waals surface area contributed by atoms with E-state index in [0.717, 1.165) is 28.2 Å². The highest BCUT2D eigenvalue weighted by Gasteiger charge is 2.26. The summed E-state index contributed by atoms with van der Waals surface area (Å²) in [5.74, 6) is 1.59. The molecule has 26 heavy (non-hydrogen) atoms. The van der Waals surface area contributed by atoms with Crippen molar-refractivity contribution in [2.75, 3.05) is 13.2 Å². The molecule has 0 aliphatic carbocycles. The van der Waals surface area contributed by atoms with Gasteiger partial charge in [0.1, 0.15) is 18.2 Å². The molecule has 1 amide bonds. The number of carbonyl (C=O) groups is 1.